The highest BCUT2D eigenvalue weighted by Crippen LogP contribution is 2.33. The Hall–Kier alpha value is -2.53. The smallest absolute Gasteiger partial charge is 0.266 e. The summed E-state index contributed by atoms with van der Waals surface area (Å²) >= 11 is 1.38. The molecule has 0 atom stereocenters. The Morgan fingerprint density at radius 2 is 1.78 bits per heavy atom. The maximum absolute atomic E-state index is 12.4. The quantitative estimate of drug-likeness (QED) is 0.803. The van der Waals surface area contributed by atoms with E-state index in [0.717, 1.165) is 17.0 Å². The molecule has 1 amide bonds. The molecule has 2 aromatic carbocycles. The Bertz CT molecular complexity index is 767. The second-order valence-electron chi connectivity index (χ2n) is 4.98. The van der Waals surface area contributed by atoms with Gasteiger partial charge in [-0.3, -0.25) is 9.69 Å². The van der Waals surface area contributed by atoms with Crippen molar-refractivity contribution >= 4 is 34.6 Å². The Balaban J connectivity index is 1.85. The first-order valence-electron chi connectivity index (χ1n) is 7.13. The Kier molecular flexibility index (Phi) is 4.48. The lowest BCUT2D eigenvalue weighted by atomic mass is 10.2. The van der Waals surface area contributed by atoms with E-state index in [-0.39, 0.29) is 5.91 Å². The number of aliphatic imine (C=N–C) groups is 1. The molecule has 1 fully saturated rings. The summed E-state index contributed by atoms with van der Waals surface area (Å²) in [5, 5.41) is 0.681. The van der Waals surface area contributed by atoms with E-state index in [1.807, 2.05) is 60.7 Å². The van der Waals surface area contributed by atoms with Crippen LogP contribution in [-0.4, -0.2) is 30.1 Å². The van der Waals surface area contributed by atoms with Gasteiger partial charge in [-0.25, -0.2) is 4.99 Å². The Morgan fingerprint density at radius 3 is 2.43 bits per heavy atom. The third-order valence-electron chi connectivity index (χ3n) is 3.40. The number of ether oxygens (including phenoxy) is 1. The normalized spacial score (nSPS) is 18.0. The molecule has 0 radical (unpaired) electrons. The predicted octanol–water partition coefficient (Wildman–Crippen LogP) is 3.93. The van der Waals surface area contributed by atoms with Gasteiger partial charge in [-0.15, -0.1) is 0 Å². The average molecular weight is 324 g/mol. The maximum Gasteiger partial charge on any atom is 0.266 e. The molecule has 0 aromatic heterocycles. The van der Waals surface area contributed by atoms with Crippen LogP contribution in [0.25, 0.3) is 6.08 Å². The van der Waals surface area contributed by atoms with E-state index in [0.29, 0.717) is 10.1 Å². The Morgan fingerprint density at radius 1 is 1.09 bits per heavy atom. The third kappa shape index (κ3) is 3.46. The van der Waals surface area contributed by atoms with Crippen LogP contribution in [0.5, 0.6) is 5.75 Å². The number of thioether (sulfide) groups is 1. The van der Waals surface area contributed by atoms with Gasteiger partial charge in [0.1, 0.15) is 5.75 Å². The molecule has 116 valence electrons. The molecule has 5 heteroatoms. The number of benzene rings is 2. The summed E-state index contributed by atoms with van der Waals surface area (Å²) in [6.07, 6.45) is 1.87. The van der Waals surface area contributed by atoms with Crippen molar-refractivity contribution < 1.29 is 9.53 Å². The van der Waals surface area contributed by atoms with Gasteiger partial charge in [-0.05, 0) is 47.7 Å². The number of amides is 1. The number of likely N-dealkylation sites (N-methyl/N-ethyl adjacent to an activating group) is 1. The van der Waals surface area contributed by atoms with Crippen molar-refractivity contribution in [3.8, 4) is 5.75 Å². The lowest BCUT2D eigenvalue weighted by molar-refractivity contribution is -0.121. The first-order chi connectivity index (χ1) is 11.2. The van der Waals surface area contributed by atoms with Gasteiger partial charge in [0.25, 0.3) is 5.91 Å². The molecule has 0 spiro atoms. The number of rotatable bonds is 3. The number of carbonyl (C=O) groups excluding carboxylic acids is 1. The van der Waals surface area contributed by atoms with E-state index in [2.05, 4.69) is 4.99 Å². The standard InChI is InChI=1S/C18H16N2O2S/c1-20-17(21)16(12-13-8-10-15(22-2)11-9-13)23-18(20)19-14-6-4-3-5-7-14/h3-12H,1-2H3/b16-12-,19-18?. The molecule has 0 N–H and O–H groups in total. The molecule has 1 aliphatic heterocycles. The second-order valence-corrected chi connectivity index (χ2v) is 5.99. The monoisotopic (exact) mass is 324 g/mol. The van der Waals surface area contributed by atoms with Crippen molar-refractivity contribution in [3.63, 3.8) is 0 Å². The van der Waals surface area contributed by atoms with Gasteiger partial charge in [0.2, 0.25) is 0 Å². The van der Waals surface area contributed by atoms with Gasteiger partial charge in [0.05, 0.1) is 17.7 Å². The highest BCUT2D eigenvalue weighted by atomic mass is 32.2. The van der Waals surface area contributed by atoms with Crippen LogP contribution < -0.4 is 4.74 Å². The number of hydrogen-bond donors (Lipinski definition) is 0. The van der Waals surface area contributed by atoms with Crippen molar-refractivity contribution in [1.29, 1.82) is 0 Å². The fourth-order valence-electron chi connectivity index (χ4n) is 2.12. The van der Waals surface area contributed by atoms with Gasteiger partial charge in [0, 0.05) is 7.05 Å². The number of amidine groups is 1. The summed E-state index contributed by atoms with van der Waals surface area (Å²) in [6.45, 7) is 0. The molecule has 0 aliphatic carbocycles. The second kappa shape index (κ2) is 6.71. The van der Waals surface area contributed by atoms with Gasteiger partial charge in [0.15, 0.2) is 5.17 Å². The minimum Gasteiger partial charge on any atom is -0.497 e. The lowest BCUT2D eigenvalue weighted by Crippen LogP contribution is -2.23. The summed E-state index contributed by atoms with van der Waals surface area (Å²) < 4.78 is 5.14. The maximum atomic E-state index is 12.4. The van der Waals surface area contributed by atoms with Gasteiger partial charge < -0.3 is 4.74 Å². The van der Waals surface area contributed by atoms with Crippen LogP contribution in [0, 0.1) is 0 Å². The fraction of sp³-hybridized carbons (Fsp3) is 0.111. The van der Waals surface area contributed by atoms with Crippen LogP contribution in [0.4, 0.5) is 5.69 Å². The number of nitrogens with zero attached hydrogens (tertiary/aromatic N) is 2. The molecule has 0 unspecified atom stereocenters. The van der Waals surface area contributed by atoms with Crippen molar-refractivity contribution in [1.82, 2.24) is 4.90 Å². The zero-order valence-corrected chi connectivity index (χ0v) is 13.7. The van der Waals surface area contributed by atoms with E-state index in [4.69, 9.17) is 4.74 Å². The number of hydrogen-bond acceptors (Lipinski definition) is 4. The summed E-state index contributed by atoms with van der Waals surface area (Å²) in [6, 6.07) is 17.2. The van der Waals surface area contributed by atoms with Crippen molar-refractivity contribution in [2.45, 2.75) is 0 Å². The molecule has 23 heavy (non-hydrogen) atoms. The lowest BCUT2D eigenvalue weighted by Gasteiger charge is -2.06. The van der Waals surface area contributed by atoms with E-state index in [1.54, 1.807) is 19.1 Å². The molecule has 0 bridgehead atoms. The summed E-state index contributed by atoms with van der Waals surface area (Å²) in [4.78, 5) is 19.1. The molecular weight excluding hydrogens is 308 g/mol. The molecule has 1 aliphatic rings. The zero-order valence-electron chi connectivity index (χ0n) is 12.9. The first-order valence-corrected chi connectivity index (χ1v) is 7.94. The first kappa shape index (κ1) is 15.4. The number of para-hydroxylation sites is 1. The molecule has 0 saturated carbocycles. The van der Waals surface area contributed by atoms with Crippen molar-refractivity contribution in [2.24, 2.45) is 4.99 Å². The minimum atomic E-state index is -0.0412. The van der Waals surface area contributed by atoms with Gasteiger partial charge >= 0.3 is 0 Å². The van der Waals surface area contributed by atoms with Crippen LogP contribution in [0.3, 0.4) is 0 Å². The molecule has 3 rings (SSSR count). The number of methoxy groups -OCH3 is 1. The van der Waals surface area contributed by atoms with Crippen molar-refractivity contribution in [2.75, 3.05) is 14.2 Å². The van der Waals surface area contributed by atoms with E-state index < -0.39 is 0 Å². The van der Waals surface area contributed by atoms with Crippen molar-refractivity contribution in [3.05, 3.63) is 65.1 Å². The summed E-state index contributed by atoms with van der Waals surface area (Å²) in [5.74, 6) is 0.751. The molecule has 1 heterocycles. The van der Waals surface area contributed by atoms with E-state index in [1.165, 1.54) is 11.8 Å². The average Bonchev–Trinajstić information content (AvgIpc) is 2.84. The number of carbonyl (C=O) groups is 1. The Labute approximate surface area is 139 Å². The van der Waals surface area contributed by atoms with E-state index in [9.17, 15) is 4.79 Å². The third-order valence-corrected chi connectivity index (χ3v) is 4.46. The van der Waals surface area contributed by atoms with Crippen LogP contribution in [0.2, 0.25) is 0 Å². The van der Waals surface area contributed by atoms with Gasteiger partial charge in [-0.2, -0.15) is 0 Å². The SMILES string of the molecule is COc1ccc(/C=C2\SC(=Nc3ccccc3)N(C)C2=O)cc1. The highest BCUT2D eigenvalue weighted by molar-refractivity contribution is 8.18. The zero-order chi connectivity index (χ0) is 16.2. The molecule has 2 aromatic rings. The van der Waals surface area contributed by atoms with Crippen LogP contribution >= 0.6 is 11.8 Å². The fourth-order valence-corrected chi connectivity index (χ4v) is 3.10. The van der Waals surface area contributed by atoms with E-state index >= 15 is 0 Å². The van der Waals surface area contributed by atoms with Crippen LogP contribution in [0.15, 0.2) is 64.5 Å². The minimum absolute atomic E-state index is 0.0412. The molecule has 4 nitrogen and oxygen atoms in total. The van der Waals surface area contributed by atoms with Crippen LogP contribution in [0.1, 0.15) is 5.56 Å². The molecule has 1 saturated heterocycles. The molecular formula is C18H16N2O2S. The highest BCUT2D eigenvalue weighted by Gasteiger charge is 2.30. The summed E-state index contributed by atoms with van der Waals surface area (Å²) in [5.41, 5.74) is 1.79. The topological polar surface area (TPSA) is 41.9 Å². The van der Waals surface area contributed by atoms with Crippen LogP contribution in [-0.2, 0) is 4.79 Å². The largest absolute Gasteiger partial charge is 0.497 e. The predicted molar refractivity (Wildman–Crippen MR) is 94.9 cm³/mol. The summed E-state index contributed by atoms with van der Waals surface area (Å²) in [7, 11) is 3.37. The van der Waals surface area contributed by atoms with Gasteiger partial charge in [-0.1, -0.05) is 30.3 Å².